The van der Waals surface area contributed by atoms with Crippen molar-refractivity contribution < 1.29 is 0 Å². The molecule has 2 fully saturated rings. The molecular weight excluding hydrogens is 324 g/mol. The fourth-order valence-electron chi connectivity index (χ4n) is 5.71. The van der Waals surface area contributed by atoms with E-state index < -0.39 is 0 Å². The maximum Gasteiger partial charge on any atom is -0.0276 e. The minimum Gasteiger partial charge on any atom is -0.0654 e. The summed E-state index contributed by atoms with van der Waals surface area (Å²) in [6.45, 7) is 4.52. The van der Waals surface area contributed by atoms with Crippen molar-refractivity contribution in [1.82, 2.24) is 0 Å². The molecule has 0 saturated heterocycles. The van der Waals surface area contributed by atoms with Gasteiger partial charge in [0.25, 0.3) is 0 Å². The van der Waals surface area contributed by atoms with Gasteiger partial charge in [0, 0.05) is 0 Å². The number of hydrogen-bond acceptors (Lipinski definition) is 0. The maximum atomic E-state index is 2.34. The minimum absolute atomic E-state index is 0.997. The average molecular weight is 369 g/mol. The van der Waals surface area contributed by atoms with Gasteiger partial charge < -0.3 is 0 Å². The zero-order valence-electron chi connectivity index (χ0n) is 18.2. The molecule has 27 heavy (non-hydrogen) atoms. The van der Waals surface area contributed by atoms with Gasteiger partial charge in [-0.05, 0) is 49.0 Å². The Morgan fingerprint density at radius 2 is 1.07 bits per heavy atom. The first-order valence-corrected chi connectivity index (χ1v) is 12.3. The van der Waals surface area contributed by atoms with Crippen LogP contribution in [0.15, 0.2) is 24.3 Å². The van der Waals surface area contributed by atoms with Crippen LogP contribution in [0.1, 0.15) is 108 Å². The fourth-order valence-corrected chi connectivity index (χ4v) is 5.71. The van der Waals surface area contributed by atoms with Gasteiger partial charge in [-0.2, -0.15) is 0 Å². The summed E-state index contributed by atoms with van der Waals surface area (Å²) in [7, 11) is 0. The molecule has 0 atom stereocenters. The molecule has 0 aromatic heterocycles. The molecule has 0 amide bonds. The van der Waals surface area contributed by atoms with Crippen LogP contribution in [0.2, 0.25) is 0 Å². The molecule has 0 aliphatic heterocycles. The van der Waals surface area contributed by atoms with Crippen LogP contribution in [0.3, 0.4) is 0 Å². The monoisotopic (exact) mass is 368 g/mol. The van der Waals surface area contributed by atoms with Crippen molar-refractivity contribution in [2.24, 2.45) is 23.7 Å². The van der Waals surface area contributed by atoms with Crippen LogP contribution in [0.25, 0.3) is 0 Å². The molecule has 0 bridgehead atoms. The van der Waals surface area contributed by atoms with E-state index in [9.17, 15) is 0 Å². The van der Waals surface area contributed by atoms with Crippen LogP contribution in [0.4, 0.5) is 0 Å². The molecular formula is C27H44. The quantitative estimate of drug-likeness (QED) is 0.410. The van der Waals surface area contributed by atoms with Gasteiger partial charge in [-0.15, -0.1) is 0 Å². The molecule has 152 valence electrons. The van der Waals surface area contributed by atoms with Crippen molar-refractivity contribution in [1.29, 1.82) is 0 Å². The van der Waals surface area contributed by atoms with Crippen LogP contribution < -0.4 is 0 Å². The van der Waals surface area contributed by atoms with Crippen LogP contribution in [0.5, 0.6) is 0 Å². The molecule has 0 heteroatoms. The smallest absolute Gasteiger partial charge is 0.0276 e. The van der Waals surface area contributed by atoms with Gasteiger partial charge in [0.2, 0.25) is 0 Å². The highest BCUT2D eigenvalue weighted by atomic mass is 14.3. The number of rotatable bonds is 9. The third-order valence-corrected chi connectivity index (χ3v) is 7.84. The third kappa shape index (κ3) is 7.28. The summed E-state index contributed by atoms with van der Waals surface area (Å²) in [6, 6.07) is 9.20. The lowest BCUT2D eigenvalue weighted by molar-refractivity contribution is 0.209. The Labute approximate surface area is 169 Å². The van der Waals surface area contributed by atoms with Gasteiger partial charge in [0.05, 0.1) is 0 Å². The summed E-state index contributed by atoms with van der Waals surface area (Å²) in [5, 5.41) is 0. The van der Waals surface area contributed by atoms with Crippen molar-refractivity contribution in [3.8, 4) is 0 Å². The second kappa shape index (κ2) is 11.3. The van der Waals surface area contributed by atoms with Gasteiger partial charge in [-0.3, -0.25) is 0 Å². The SMILES string of the molecule is CCCC[C@H]1CC[C@H](CC[C@H]2CC[C@H](CCc3ccc(C)cc3)CC2)CC1. The molecule has 0 N–H and O–H groups in total. The van der Waals surface area contributed by atoms with Gasteiger partial charge in [0.15, 0.2) is 0 Å². The Bertz CT molecular complexity index is 497. The van der Waals surface area contributed by atoms with Crippen LogP contribution >= 0.6 is 0 Å². The molecule has 2 aliphatic rings. The molecule has 3 rings (SSSR count). The Kier molecular flexibility index (Phi) is 8.75. The summed E-state index contributed by atoms with van der Waals surface area (Å²) in [4.78, 5) is 0. The molecule has 2 saturated carbocycles. The summed E-state index contributed by atoms with van der Waals surface area (Å²) in [5.41, 5.74) is 2.92. The Balaban J connectivity index is 1.26. The lowest BCUT2D eigenvalue weighted by Crippen LogP contribution is -2.18. The highest BCUT2D eigenvalue weighted by Gasteiger charge is 2.24. The Morgan fingerprint density at radius 1 is 0.630 bits per heavy atom. The Hall–Kier alpha value is -0.780. The van der Waals surface area contributed by atoms with E-state index in [2.05, 4.69) is 38.1 Å². The number of hydrogen-bond donors (Lipinski definition) is 0. The number of unbranched alkanes of at least 4 members (excludes halogenated alkanes) is 1. The molecule has 0 radical (unpaired) electrons. The first-order chi connectivity index (χ1) is 13.2. The van der Waals surface area contributed by atoms with Crippen LogP contribution in [-0.2, 0) is 6.42 Å². The molecule has 0 nitrogen and oxygen atoms in total. The molecule has 0 heterocycles. The van der Waals surface area contributed by atoms with E-state index in [1.807, 2.05) is 0 Å². The van der Waals surface area contributed by atoms with E-state index in [-0.39, 0.29) is 0 Å². The maximum absolute atomic E-state index is 2.34. The van der Waals surface area contributed by atoms with Crippen molar-refractivity contribution in [3.63, 3.8) is 0 Å². The molecule has 1 aromatic rings. The van der Waals surface area contributed by atoms with E-state index in [1.165, 1.54) is 88.2 Å². The van der Waals surface area contributed by atoms with Crippen molar-refractivity contribution in [2.45, 2.75) is 110 Å². The lowest BCUT2D eigenvalue weighted by atomic mass is 9.74. The van der Waals surface area contributed by atoms with Crippen molar-refractivity contribution >= 4 is 0 Å². The van der Waals surface area contributed by atoms with Crippen molar-refractivity contribution in [2.75, 3.05) is 0 Å². The standard InChI is InChI=1S/C27H44/c1-3-4-5-23-10-12-25(13-11-23)16-17-27-20-18-26(19-21-27)15-14-24-8-6-22(2)7-9-24/h6-9,23,25-27H,3-5,10-21H2,1-2H3/t23-,25-,26-,27-. The predicted molar refractivity (Wildman–Crippen MR) is 119 cm³/mol. The van der Waals surface area contributed by atoms with Crippen molar-refractivity contribution in [3.05, 3.63) is 35.4 Å². The van der Waals surface area contributed by atoms with Crippen LogP contribution in [-0.4, -0.2) is 0 Å². The molecule has 0 spiro atoms. The summed E-state index contributed by atoms with van der Waals surface area (Å²) < 4.78 is 0. The highest BCUT2D eigenvalue weighted by molar-refractivity contribution is 5.21. The van der Waals surface area contributed by atoms with E-state index in [1.54, 1.807) is 19.3 Å². The highest BCUT2D eigenvalue weighted by Crippen LogP contribution is 2.38. The van der Waals surface area contributed by atoms with E-state index in [0.29, 0.717) is 0 Å². The number of aryl methyl sites for hydroxylation is 2. The van der Waals surface area contributed by atoms with Gasteiger partial charge in [-0.25, -0.2) is 0 Å². The summed E-state index contributed by atoms with van der Waals surface area (Å²) in [6.07, 6.45) is 22.3. The summed E-state index contributed by atoms with van der Waals surface area (Å²) >= 11 is 0. The fraction of sp³-hybridized carbons (Fsp3) is 0.778. The summed E-state index contributed by atoms with van der Waals surface area (Å²) in [5.74, 6) is 4.20. The average Bonchev–Trinajstić information content (AvgIpc) is 2.72. The molecule has 2 aliphatic carbocycles. The van der Waals surface area contributed by atoms with E-state index in [4.69, 9.17) is 0 Å². The largest absolute Gasteiger partial charge is 0.0654 e. The molecule has 0 unspecified atom stereocenters. The lowest BCUT2D eigenvalue weighted by Gasteiger charge is -2.32. The topological polar surface area (TPSA) is 0 Å². The van der Waals surface area contributed by atoms with Gasteiger partial charge in [-0.1, -0.05) is 120 Å². The molecule has 1 aromatic carbocycles. The Morgan fingerprint density at radius 3 is 1.56 bits per heavy atom. The number of benzene rings is 1. The zero-order valence-corrected chi connectivity index (χ0v) is 18.2. The van der Waals surface area contributed by atoms with Crippen LogP contribution in [0, 0.1) is 30.6 Å². The minimum atomic E-state index is 0.997. The predicted octanol–water partition coefficient (Wildman–Crippen LogP) is 8.51. The second-order valence-electron chi connectivity index (χ2n) is 10.0. The third-order valence-electron chi connectivity index (χ3n) is 7.84. The zero-order chi connectivity index (χ0) is 18.9. The first kappa shape index (κ1) is 20.9. The first-order valence-electron chi connectivity index (χ1n) is 12.3. The van der Waals surface area contributed by atoms with E-state index >= 15 is 0 Å². The normalized spacial score (nSPS) is 29.0. The van der Waals surface area contributed by atoms with Gasteiger partial charge >= 0.3 is 0 Å². The second-order valence-corrected chi connectivity index (χ2v) is 10.0. The van der Waals surface area contributed by atoms with E-state index in [0.717, 1.165) is 23.7 Å². The van der Waals surface area contributed by atoms with Gasteiger partial charge in [0.1, 0.15) is 0 Å².